The molecule has 2 aliphatic rings. The first-order valence-electron chi connectivity index (χ1n) is 14.5. The largest absolute Gasteiger partial charge is 0.507 e. The van der Waals surface area contributed by atoms with Crippen molar-refractivity contribution in [2.45, 2.75) is 46.1 Å². The van der Waals surface area contributed by atoms with Gasteiger partial charge in [-0.05, 0) is 61.2 Å². The van der Waals surface area contributed by atoms with Crippen molar-refractivity contribution < 1.29 is 33.6 Å². The number of nitrogens with zero attached hydrogens (tertiary/aromatic N) is 2. The fourth-order valence-electron chi connectivity index (χ4n) is 5.16. The molecule has 2 saturated heterocycles. The highest BCUT2D eigenvalue weighted by Gasteiger charge is 2.46. The fourth-order valence-corrected chi connectivity index (χ4v) is 5.16. The number of rotatable bonds is 13. The Bertz CT molecular complexity index is 1250. The molecule has 2 aromatic rings. The number of aryl methyl sites for hydroxylation is 1. The number of likely N-dealkylation sites (tertiary alicyclic amines) is 1. The Morgan fingerprint density at radius 3 is 2.37 bits per heavy atom. The molecule has 0 aliphatic carbocycles. The van der Waals surface area contributed by atoms with E-state index in [1.165, 1.54) is 0 Å². The molecule has 0 bridgehead atoms. The number of ketones is 1. The summed E-state index contributed by atoms with van der Waals surface area (Å²) >= 11 is 0. The molecule has 222 valence electrons. The summed E-state index contributed by atoms with van der Waals surface area (Å²) in [4.78, 5) is 30.8. The Morgan fingerprint density at radius 2 is 1.68 bits per heavy atom. The minimum absolute atomic E-state index is 0.0558. The molecule has 9 nitrogen and oxygen atoms in total. The van der Waals surface area contributed by atoms with E-state index in [2.05, 4.69) is 11.8 Å². The van der Waals surface area contributed by atoms with Crippen molar-refractivity contribution in [2.75, 3.05) is 59.7 Å². The molecule has 0 aromatic heterocycles. The van der Waals surface area contributed by atoms with Gasteiger partial charge in [0.1, 0.15) is 11.5 Å². The zero-order chi connectivity index (χ0) is 29.4. The Kier molecular flexibility index (Phi) is 10.7. The number of amides is 1. The van der Waals surface area contributed by atoms with Gasteiger partial charge in [0.25, 0.3) is 11.7 Å². The van der Waals surface area contributed by atoms with Crippen LogP contribution in [0.1, 0.15) is 55.8 Å². The maximum Gasteiger partial charge on any atom is 0.295 e. The summed E-state index contributed by atoms with van der Waals surface area (Å²) in [6, 6.07) is 9.93. The van der Waals surface area contributed by atoms with E-state index >= 15 is 0 Å². The summed E-state index contributed by atoms with van der Waals surface area (Å²) in [6.07, 6.45) is 2.79. The van der Waals surface area contributed by atoms with E-state index in [0.717, 1.165) is 37.9 Å². The van der Waals surface area contributed by atoms with Crippen LogP contribution in [-0.2, 0) is 14.3 Å². The normalized spacial score (nSPS) is 19.0. The summed E-state index contributed by atoms with van der Waals surface area (Å²) in [5.74, 6) is 0.259. The smallest absolute Gasteiger partial charge is 0.295 e. The van der Waals surface area contributed by atoms with Crippen molar-refractivity contribution in [3.05, 3.63) is 58.7 Å². The van der Waals surface area contributed by atoms with Crippen LogP contribution in [-0.4, -0.2) is 86.3 Å². The third-order valence-corrected chi connectivity index (χ3v) is 7.47. The van der Waals surface area contributed by atoms with Gasteiger partial charge in [-0.3, -0.25) is 14.5 Å². The van der Waals surface area contributed by atoms with Gasteiger partial charge in [-0.2, -0.15) is 0 Å². The topological polar surface area (TPSA) is 97.8 Å². The summed E-state index contributed by atoms with van der Waals surface area (Å²) in [6.45, 7) is 10.9. The summed E-state index contributed by atoms with van der Waals surface area (Å²) < 4.78 is 22.8. The second-order valence-corrected chi connectivity index (χ2v) is 10.4. The third kappa shape index (κ3) is 7.02. The number of morpholine rings is 1. The van der Waals surface area contributed by atoms with Crippen molar-refractivity contribution in [1.29, 1.82) is 0 Å². The molecule has 0 spiro atoms. The summed E-state index contributed by atoms with van der Waals surface area (Å²) in [7, 11) is 1.56. The lowest BCUT2D eigenvalue weighted by Crippen LogP contribution is -2.42. The van der Waals surface area contributed by atoms with E-state index in [9.17, 15) is 14.7 Å². The second kappa shape index (κ2) is 14.4. The number of aliphatic hydroxyl groups excluding tert-OH is 1. The number of carbonyl (C=O) groups is 2. The predicted octanol–water partition coefficient (Wildman–Crippen LogP) is 4.73. The van der Waals surface area contributed by atoms with E-state index in [4.69, 9.17) is 18.9 Å². The zero-order valence-electron chi connectivity index (χ0n) is 24.6. The lowest BCUT2D eigenvalue weighted by Gasteiger charge is -2.31. The Labute approximate surface area is 242 Å². The van der Waals surface area contributed by atoms with Crippen molar-refractivity contribution >= 4 is 17.4 Å². The molecule has 0 radical (unpaired) electrons. The predicted molar refractivity (Wildman–Crippen MR) is 157 cm³/mol. The zero-order valence-corrected chi connectivity index (χ0v) is 24.6. The van der Waals surface area contributed by atoms with Crippen molar-refractivity contribution in [3.8, 4) is 17.2 Å². The fraction of sp³-hybridized carbons (Fsp3) is 0.500. The van der Waals surface area contributed by atoms with E-state index in [0.29, 0.717) is 67.9 Å². The average Bonchev–Trinajstić information content (AvgIpc) is 3.24. The SMILES string of the molecule is CCCCOc1ccc(C2C(=C(O)c3ccc(OCCC)c(C)c3)C(=O)C(=O)N2CCN2CCOCC2)cc1OC. The van der Waals surface area contributed by atoms with Gasteiger partial charge in [-0.25, -0.2) is 0 Å². The maximum atomic E-state index is 13.5. The molecule has 0 saturated carbocycles. The number of ether oxygens (including phenoxy) is 4. The first-order chi connectivity index (χ1) is 19.9. The van der Waals surface area contributed by atoms with Crippen LogP contribution in [0.25, 0.3) is 5.76 Å². The standard InChI is InChI=1S/C32H42N2O7/c1-5-7-17-41-26-11-8-23(21-27(26)38-4)29-28(30(35)24-9-10-25(22(3)20-24)40-16-6-2)31(36)32(37)34(29)13-12-33-14-18-39-19-15-33/h8-11,20-21,29,35H,5-7,12-19H2,1-4H3. The molecule has 1 atom stereocenters. The molecular weight excluding hydrogens is 524 g/mol. The van der Waals surface area contributed by atoms with Crippen LogP contribution in [0, 0.1) is 6.92 Å². The number of hydrogen-bond donors (Lipinski definition) is 1. The lowest BCUT2D eigenvalue weighted by atomic mass is 9.94. The number of unbranched alkanes of at least 4 members (excludes halogenated alkanes) is 1. The Balaban J connectivity index is 1.74. The number of carbonyl (C=O) groups excluding carboxylic acids is 2. The quantitative estimate of drug-likeness (QED) is 0.161. The van der Waals surface area contributed by atoms with Gasteiger partial charge in [0.05, 0.1) is 45.2 Å². The minimum Gasteiger partial charge on any atom is -0.507 e. The van der Waals surface area contributed by atoms with Crippen LogP contribution in [0.5, 0.6) is 17.2 Å². The molecule has 9 heteroatoms. The van der Waals surface area contributed by atoms with Crippen LogP contribution in [0.3, 0.4) is 0 Å². The van der Waals surface area contributed by atoms with Gasteiger partial charge in [-0.1, -0.05) is 26.3 Å². The minimum atomic E-state index is -0.786. The van der Waals surface area contributed by atoms with Gasteiger partial charge in [0, 0.05) is 31.7 Å². The number of hydrogen-bond acceptors (Lipinski definition) is 8. The van der Waals surface area contributed by atoms with Crippen molar-refractivity contribution in [3.63, 3.8) is 0 Å². The van der Waals surface area contributed by atoms with Crippen LogP contribution >= 0.6 is 0 Å². The highest BCUT2D eigenvalue weighted by molar-refractivity contribution is 6.46. The van der Waals surface area contributed by atoms with E-state index < -0.39 is 17.7 Å². The van der Waals surface area contributed by atoms with Gasteiger partial charge >= 0.3 is 0 Å². The molecule has 41 heavy (non-hydrogen) atoms. The van der Waals surface area contributed by atoms with Crippen molar-refractivity contribution in [1.82, 2.24) is 9.80 Å². The summed E-state index contributed by atoms with van der Waals surface area (Å²) in [5, 5.41) is 11.5. The molecule has 2 aliphatic heterocycles. The third-order valence-electron chi connectivity index (χ3n) is 7.47. The first-order valence-corrected chi connectivity index (χ1v) is 14.5. The molecule has 1 amide bonds. The number of methoxy groups -OCH3 is 1. The Morgan fingerprint density at radius 1 is 0.951 bits per heavy atom. The number of aliphatic hydroxyl groups is 1. The van der Waals surface area contributed by atoms with Crippen LogP contribution in [0.4, 0.5) is 0 Å². The van der Waals surface area contributed by atoms with E-state index in [1.807, 2.05) is 19.9 Å². The molecule has 1 N–H and O–H groups in total. The second-order valence-electron chi connectivity index (χ2n) is 10.4. The van der Waals surface area contributed by atoms with Crippen LogP contribution in [0.15, 0.2) is 42.0 Å². The highest BCUT2D eigenvalue weighted by atomic mass is 16.5. The molecule has 2 fully saturated rings. The number of Topliss-reactive ketones (excluding diaryl/α,β-unsaturated/α-hetero) is 1. The molecule has 4 rings (SSSR count). The molecular formula is C32H42N2O7. The van der Waals surface area contributed by atoms with E-state index in [-0.39, 0.29) is 11.3 Å². The Hall–Kier alpha value is -3.56. The molecule has 1 unspecified atom stereocenters. The lowest BCUT2D eigenvalue weighted by molar-refractivity contribution is -0.140. The molecule has 2 aromatic carbocycles. The van der Waals surface area contributed by atoms with Crippen LogP contribution < -0.4 is 14.2 Å². The molecule has 2 heterocycles. The highest BCUT2D eigenvalue weighted by Crippen LogP contribution is 2.42. The van der Waals surface area contributed by atoms with Crippen molar-refractivity contribution in [2.24, 2.45) is 0 Å². The summed E-state index contributed by atoms with van der Waals surface area (Å²) in [5.41, 5.74) is 2.00. The van der Waals surface area contributed by atoms with E-state index in [1.54, 1.807) is 42.3 Å². The van der Waals surface area contributed by atoms with Crippen LogP contribution in [0.2, 0.25) is 0 Å². The average molecular weight is 567 g/mol. The first kappa shape index (κ1) is 30.4. The number of benzene rings is 2. The van der Waals surface area contributed by atoms with Gasteiger partial charge in [0.15, 0.2) is 11.5 Å². The maximum absolute atomic E-state index is 13.5. The van der Waals surface area contributed by atoms with Gasteiger partial charge in [-0.15, -0.1) is 0 Å². The van der Waals surface area contributed by atoms with Gasteiger partial charge in [0.2, 0.25) is 0 Å². The van der Waals surface area contributed by atoms with Gasteiger partial charge < -0.3 is 29.0 Å². The monoisotopic (exact) mass is 566 g/mol.